The van der Waals surface area contributed by atoms with Gasteiger partial charge in [0.25, 0.3) is 5.69 Å². The molecule has 0 aliphatic rings. The summed E-state index contributed by atoms with van der Waals surface area (Å²) in [7, 11) is 0. The van der Waals surface area contributed by atoms with E-state index in [0.29, 0.717) is 6.07 Å². The van der Waals surface area contributed by atoms with Crippen LogP contribution in [0.25, 0.3) is 0 Å². The maximum Gasteiger partial charge on any atom is 0.416 e. The molecule has 0 saturated carbocycles. The van der Waals surface area contributed by atoms with E-state index >= 15 is 0 Å². The predicted molar refractivity (Wildman–Crippen MR) is 65.6 cm³/mol. The van der Waals surface area contributed by atoms with Gasteiger partial charge in [-0.2, -0.15) is 13.2 Å². The smallest absolute Gasteiger partial charge is 0.416 e. The third kappa shape index (κ3) is 4.12. The molecule has 110 valence electrons. The zero-order valence-corrected chi connectivity index (χ0v) is 11.0. The van der Waals surface area contributed by atoms with Crippen molar-refractivity contribution < 1.29 is 28.0 Å². The molecular formula is C11H10F3NO4S. The van der Waals surface area contributed by atoms with Crippen LogP contribution in [0.4, 0.5) is 18.9 Å². The van der Waals surface area contributed by atoms with Crippen LogP contribution in [0.3, 0.4) is 0 Å². The molecule has 0 aromatic heterocycles. The minimum atomic E-state index is -4.66. The number of aliphatic carboxylic acids is 1. The molecule has 5 nitrogen and oxygen atoms in total. The molecule has 0 fully saturated rings. The van der Waals surface area contributed by atoms with Gasteiger partial charge in [0.15, 0.2) is 0 Å². The number of thioether (sulfide) groups is 1. The maximum absolute atomic E-state index is 12.5. The van der Waals surface area contributed by atoms with Crippen molar-refractivity contribution in [1.82, 2.24) is 0 Å². The van der Waals surface area contributed by atoms with Crippen LogP contribution >= 0.6 is 11.8 Å². The number of carbonyl (C=O) groups is 1. The number of hydrogen-bond donors (Lipinski definition) is 1. The molecular weight excluding hydrogens is 299 g/mol. The molecule has 0 amide bonds. The second-order valence-corrected chi connectivity index (χ2v) is 5.05. The summed E-state index contributed by atoms with van der Waals surface area (Å²) in [5.74, 6) is -1.81. The Balaban J connectivity index is 3.02. The average Bonchev–Trinajstić information content (AvgIpc) is 2.34. The zero-order chi connectivity index (χ0) is 15.5. The number of carboxylic acids is 1. The van der Waals surface area contributed by atoms with Crippen molar-refractivity contribution >= 4 is 23.4 Å². The molecule has 0 aliphatic carbocycles. The van der Waals surface area contributed by atoms with Crippen molar-refractivity contribution in [1.29, 1.82) is 0 Å². The van der Waals surface area contributed by atoms with Crippen LogP contribution in [-0.2, 0) is 11.0 Å². The highest BCUT2D eigenvalue weighted by molar-refractivity contribution is 7.99. The van der Waals surface area contributed by atoms with Crippen molar-refractivity contribution in [2.24, 2.45) is 5.92 Å². The van der Waals surface area contributed by atoms with Crippen molar-refractivity contribution in [3.8, 4) is 0 Å². The molecule has 1 N–H and O–H groups in total. The SMILES string of the molecule is CC(CSc1ccc(C(F)(F)F)cc1[N+](=O)[O-])C(=O)O. The summed E-state index contributed by atoms with van der Waals surface area (Å²) in [5.41, 5.74) is -1.79. The lowest BCUT2D eigenvalue weighted by Gasteiger charge is -2.09. The van der Waals surface area contributed by atoms with Crippen LogP contribution in [0.5, 0.6) is 0 Å². The molecule has 0 spiro atoms. The Morgan fingerprint density at radius 1 is 1.50 bits per heavy atom. The second-order valence-electron chi connectivity index (χ2n) is 3.99. The standard InChI is InChI=1S/C11H10F3NO4S/c1-6(10(16)17)5-20-9-3-2-7(11(12,13)14)4-8(9)15(18)19/h2-4,6H,5H2,1H3,(H,16,17). The van der Waals surface area contributed by atoms with E-state index in [1.807, 2.05) is 0 Å². The van der Waals surface area contributed by atoms with Gasteiger partial charge >= 0.3 is 12.1 Å². The van der Waals surface area contributed by atoms with Gasteiger partial charge in [-0.1, -0.05) is 6.92 Å². The Kier molecular flexibility index (Phi) is 4.98. The quantitative estimate of drug-likeness (QED) is 0.512. The molecule has 0 saturated heterocycles. The average molecular weight is 309 g/mol. The van der Waals surface area contributed by atoms with Crippen molar-refractivity contribution in [3.63, 3.8) is 0 Å². The molecule has 9 heteroatoms. The van der Waals surface area contributed by atoms with Crippen molar-refractivity contribution in [3.05, 3.63) is 33.9 Å². The lowest BCUT2D eigenvalue weighted by atomic mass is 10.2. The van der Waals surface area contributed by atoms with Gasteiger partial charge in [-0.15, -0.1) is 11.8 Å². The Bertz CT molecular complexity index is 533. The fourth-order valence-electron chi connectivity index (χ4n) is 1.24. The van der Waals surface area contributed by atoms with E-state index in [1.54, 1.807) is 0 Å². The molecule has 0 aliphatic heterocycles. The Hall–Kier alpha value is -1.77. The number of rotatable bonds is 5. The topological polar surface area (TPSA) is 80.4 Å². The third-order valence-corrected chi connectivity index (χ3v) is 3.72. The van der Waals surface area contributed by atoms with Gasteiger partial charge in [0.2, 0.25) is 0 Å². The summed E-state index contributed by atoms with van der Waals surface area (Å²) in [4.78, 5) is 20.5. The summed E-state index contributed by atoms with van der Waals surface area (Å²) in [6.45, 7) is 1.41. The minimum Gasteiger partial charge on any atom is -0.481 e. The maximum atomic E-state index is 12.5. The number of carboxylic acid groups (broad SMARTS) is 1. The largest absolute Gasteiger partial charge is 0.481 e. The van der Waals surface area contributed by atoms with E-state index in [-0.39, 0.29) is 10.6 Å². The number of hydrogen-bond acceptors (Lipinski definition) is 4. The first-order valence-electron chi connectivity index (χ1n) is 5.34. The first-order chi connectivity index (χ1) is 9.12. The molecule has 20 heavy (non-hydrogen) atoms. The normalized spacial score (nSPS) is 13.0. The molecule has 0 bridgehead atoms. The highest BCUT2D eigenvalue weighted by Crippen LogP contribution is 2.36. The lowest BCUT2D eigenvalue weighted by Crippen LogP contribution is -2.12. The summed E-state index contributed by atoms with van der Waals surface area (Å²) in [5, 5.41) is 19.5. The van der Waals surface area contributed by atoms with E-state index in [0.717, 1.165) is 23.9 Å². The Morgan fingerprint density at radius 3 is 2.55 bits per heavy atom. The summed E-state index contributed by atoms with van der Waals surface area (Å²) in [6.07, 6.45) is -4.66. The van der Waals surface area contributed by atoms with E-state index in [4.69, 9.17) is 5.11 Å². The summed E-state index contributed by atoms with van der Waals surface area (Å²) < 4.78 is 37.4. The molecule has 1 aromatic carbocycles. The van der Waals surface area contributed by atoms with Crippen molar-refractivity contribution in [2.45, 2.75) is 18.0 Å². The third-order valence-electron chi connectivity index (χ3n) is 2.39. The fourth-order valence-corrected chi connectivity index (χ4v) is 2.26. The Labute approximate surface area is 115 Å². The van der Waals surface area contributed by atoms with Crippen LogP contribution in [0, 0.1) is 16.0 Å². The van der Waals surface area contributed by atoms with Gasteiger partial charge in [0.05, 0.1) is 21.3 Å². The van der Waals surface area contributed by atoms with E-state index in [9.17, 15) is 28.1 Å². The minimum absolute atomic E-state index is 0.0103. The van der Waals surface area contributed by atoms with Crippen LogP contribution in [0.1, 0.15) is 12.5 Å². The second kappa shape index (κ2) is 6.12. The fraction of sp³-hybridized carbons (Fsp3) is 0.364. The highest BCUT2D eigenvalue weighted by Gasteiger charge is 2.33. The molecule has 1 unspecified atom stereocenters. The van der Waals surface area contributed by atoms with Crippen LogP contribution in [0.2, 0.25) is 0 Å². The van der Waals surface area contributed by atoms with Gasteiger partial charge in [-0.25, -0.2) is 0 Å². The molecule has 1 atom stereocenters. The van der Waals surface area contributed by atoms with Gasteiger partial charge in [-0.3, -0.25) is 14.9 Å². The van der Waals surface area contributed by atoms with Crippen molar-refractivity contribution in [2.75, 3.05) is 5.75 Å². The molecule has 0 heterocycles. The van der Waals surface area contributed by atoms with Crippen LogP contribution in [0.15, 0.2) is 23.1 Å². The monoisotopic (exact) mass is 309 g/mol. The van der Waals surface area contributed by atoms with Gasteiger partial charge in [0, 0.05) is 11.8 Å². The number of nitrogens with zero attached hydrogens (tertiary/aromatic N) is 1. The number of nitro benzene ring substituents is 1. The summed E-state index contributed by atoms with van der Waals surface area (Å²) in [6, 6.07) is 2.18. The predicted octanol–water partition coefficient (Wildman–Crippen LogP) is 3.43. The van der Waals surface area contributed by atoms with E-state index < -0.39 is 34.2 Å². The van der Waals surface area contributed by atoms with Crippen LogP contribution < -0.4 is 0 Å². The molecule has 1 rings (SSSR count). The number of benzene rings is 1. The number of nitro groups is 1. The zero-order valence-electron chi connectivity index (χ0n) is 10.2. The van der Waals surface area contributed by atoms with Gasteiger partial charge in [-0.05, 0) is 12.1 Å². The molecule has 1 aromatic rings. The van der Waals surface area contributed by atoms with Gasteiger partial charge in [0.1, 0.15) is 0 Å². The van der Waals surface area contributed by atoms with E-state index in [1.165, 1.54) is 6.92 Å². The first-order valence-corrected chi connectivity index (χ1v) is 6.32. The summed E-state index contributed by atoms with van der Waals surface area (Å²) >= 11 is 0.841. The number of alkyl halides is 3. The number of halogens is 3. The van der Waals surface area contributed by atoms with Gasteiger partial charge < -0.3 is 5.11 Å². The first kappa shape index (κ1) is 16.3. The van der Waals surface area contributed by atoms with E-state index in [2.05, 4.69) is 0 Å². The highest BCUT2D eigenvalue weighted by atomic mass is 32.2. The lowest BCUT2D eigenvalue weighted by molar-refractivity contribution is -0.388. The Morgan fingerprint density at radius 2 is 2.10 bits per heavy atom. The van der Waals surface area contributed by atoms with Crippen LogP contribution in [-0.4, -0.2) is 21.8 Å². The molecule has 0 radical (unpaired) electrons.